The van der Waals surface area contributed by atoms with Crippen molar-refractivity contribution >= 4 is 5.84 Å². The molecule has 0 atom stereocenters. The molecule has 0 aromatic heterocycles. The van der Waals surface area contributed by atoms with Gasteiger partial charge in [-0.15, -0.1) is 0 Å². The van der Waals surface area contributed by atoms with E-state index in [1.54, 1.807) is 14.0 Å². The van der Waals surface area contributed by atoms with E-state index in [1.807, 2.05) is 0 Å². The summed E-state index contributed by atoms with van der Waals surface area (Å²) in [6.45, 7) is 2.90. The minimum Gasteiger partial charge on any atom is -0.383 e. The van der Waals surface area contributed by atoms with E-state index in [-0.39, 0.29) is 0 Å². The largest absolute Gasteiger partial charge is 0.383 e. The van der Waals surface area contributed by atoms with Gasteiger partial charge in [0, 0.05) is 7.11 Å². The maximum atomic E-state index is 5.46. The van der Waals surface area contributed by atoms with E-state index in [0.717, 1.165) is 0 Å². The molecule has 0 rings (SSSR count). The summed E-state index contributed by atoms with van der Waals surface area (Å²) in [6.07, 6.45) is 0. The number of hydrogen-bond donors (Lipinski definition) is 2. The van der Waals surface area contributed by atoms with E-state index in [2.05, 4.69) is 5.10 Å². The van der Waals surface area contributed by atoms with Gasteiger partial charge in [0.15, 0.2) is 0 Å². The Balaban J connectivity index is 3.51. The third-order valence-electron chi connectivity index (χ3n) is 1.14. The lowest BCUT2D eigenvalue weighted by Gasteiger charge is -2.15. The number of hydrazone groups is 1. The Morgan fingerprint density at radius 2 is 2.30 bits per heavy atom. The summed E-state index contributed by atoms with van der Waals surface area (Å²) in [7, 11) is 1.61. The molecule has 0 spiro atoms. The van der Waals surface area contributed by atoms with Crippen LogP contribution in [0.15, 0.2) is 5.10 Å². The van der Waals surface area contributed by atoms with Crippen LogP contribution >= 0.6 is 0 Å². The topological polar surface area (TPSA) is 76.9 Å². The van der Waals surface area contributed by atoms with E-state index in [4.69, 9.17) is 16.4 Å². The molecule has 0 aliphatic heterocycles. The van der Waals surface area contributed by atoms with Gasteiger partial charge >= 0.3 is 0 Å². The van der Waals surface area contributed by atoms with Crippen molar-refractivity contribution in [2.75, 3.05) is 20.3 Å². The first-order valence-electron chi connectivity index (χ1n) is 2.98. The first-order valence-corrected chi connectivity index (χ1v) is 2.98. The molecule has 0 fully saturated rings. The summed E-state index contributed by atoms with van der Waals surface area (Å²) >= 11 is 0. The Morgan fingerprint density at radius 3 is 2.70 bits per heavy atom. The normalized spacial score (nSPS) is 11.7. The summed E-state index contributed by atoms with van der Waals surface area (Å²) in [5.41, 5.74) is 0. The molecule has 0 amide bonds. The predicted octanol–water partition coefficient (Wildman–Crippen LogP) is -0.899. The van der Waals surface area contributed by atoms with E-state index in [0.29, 0.717) is 19.0 Å². The molecule has 0 heterocycles. The lowest BCUT2D eigenvalue weighted by molar-refractivity contribution is 0.176. The zero-order chi connectivity index (χ0) is 7.98. The van der Waals surface area contributed by atoms with Crippen molar-refractivity contribution in [2.45, 2.75) is 6.92 Å². The van der Waals surface area contributed by atoms with Gasteiger partial charge < -0.3 is 10.6 Å². The number of hydrazine groups is 1. The minimum atomic E-state index is 0.573. The van der Waals surface area contributed by atoms with E-state index in [1.165, 1.54) is 5.01 Å². The van der Waals surface area contributed by atoms with Gasteiger partial charge in [0.1, 0.15) is 5.84 Å². The summed E-state index contributed by atoms with van der Waals surface area (Å²) in [5, 5.41) is 4.84. The maximum absolute atomic E-state index is 5.46. The lowest BCUT2D eigenvalue weighted by Crippen LogP contribution is -2.38. The van der Waals surface area contributed by atoms with Gasteiger partial charge in [-0.25, -0.2) is 5.84 Å². The highest BCUT2D eigenvalue weighted by molar-refractivity contribution is 5.78. The van der Waals surface area contributed by atoms with Crippen LogP contribution in [0.3, 0.4) is 0 Å². The molecule has 10 heavy (non-hydrogen) atoms. The number of amidine groups is 1. The molecule has 5 nitrogen and oxygen atoms in total. The van der Waals surface area contributed by atoms with Crippen LogP contribution in [0.1, 0.15) is 6.92 Å². The molecule has 5 heteroatoms. The first kappa shape index (κ1) is 9.19. The van der Waals surface area contributed by atoms with Crippen molar-refractivity contribution in [1.29, 1.82) is 0 Å². The van der Waals surface area contributed by atoms with Crippen LogP contribution in [0.2, 0.25) is 0 Å². The fourth-order valence-corrected chi connectivity index (χ4v) is 0.426. The second kappa shape index (κ2) is 5.01. The zero-order valence-electron chi connectivity index (χ0n) is 6.37. The first-order chi connectivity index (χ1) is 4.72. The SMILES string of the molecule is COCCN(N)/C(C)=N\N. The number of rotatable bonds is 3. The van der Waals surface area contributed by atoms with E-state index < -0.39 is 0 Å². The molecule has 0 aliphatic carbocycles. The third kappa shape index (κ3) is 3.26. The van der Waals surface area contributed by atoms with Crippen molar-refractivity contribution in [3.63, 3.8) is 0 Å². The number of ether oxygens (including phenoxy) is 1. The van der Waals surface area contributed by atoms with Gasteiger partial charge in [0.2, 0.25) is 0 Å². The smallest absolute Gasteiger partial charge is 0.135 e. The van der Waals surface area contributed by atoms with E-state index >= 15 is 0 Å². The van der Waals surface area contributed by atoms with Crippen molar-refractivity contribution in [3.8, 4) is 0 Å². The summed E-state index contributed by atoms with van der Waals surface area (Å²) in [4.78, 5) is 0. The van der Waals surface area contributed by atoms with Gasteiger partial charge in [-0.3, -0.25) is 5.01 Å². The summed E-state index contributed by atoms with van der Waals surface area (Å²) in [6, 6.07) is 0. The van der Waals surface area contributed by atoms with Crippen LogP contribution in [-0.2, 0) is 4.74 Å². The average molecular weight is 146 g/mol. The van der Waals surface area contributed by atoms with Crippen LogP contribution < -0.4 is 11.7 Å². The quantitative estimate of drug-likeness (QED) is 0.234. The lowest BCUT2D eigenvalue weighted by atomic mass is 10.6. The number of hydrogen-bond acceptors (Lipinski definition) is 4. The Hall–Kier alpha value is -0.810. The summed E-state index contributed by atoms with van der Waals surface area (Å²) in [5.74, 6) is 11.0. The monoisotopic (exact) mass is 146 g/mol. The van der Waals surface area contributed by atoms with Crippen LogP contribution in [0, 0.1) is 0 Å². The fourth-order valence-electron chi connectivity index (χ4n) is 0.426. The number of methoxy groups -OCH3 is 1. The minimum absolute atomic E-state index is 0.573. The van der Waals surface area contributed by atoms with Gasteiger partial charge in [-0.2, -0.15) is 5.10 Å². The van der Waals surface area contributed by atoms with Gasteiger partial charge in [0.25, 0.3) is 0 Å². The van der Waals surface area contributed by atoms with Crippen LogP contribution in [0.4, 0.5) is 0 Å². The maximum Gasteiger partial charge on any atom is 0.135 e. The molecule has 0 saturated heterocycles. The predicted molar refractivity (Wildman–Crippen MR) is 40.1 cm³/mol. The fraction of sp³-hybridized carbons (Fsp3) is 0.800. The molecule has 0 aromatic carbocycles. The number of nitrogens with zero attached hydrogens (tertiary/aromatic N) is 2. The van der Waals surface area contributed by atoms with Crippen LogP contribution in [0.5, 0.6) is 0 Å². The molecule has 0 radical (unpaired) electrons. The zero-order valence-corrected chi connectivity index (χ0v) is 6.37. The van der Waals surface area contributed by atoms with E-state index in [9.17, 15) is 0 Å². The Morgan fingerprint density at radius 1 is 1.70 bits per heavy atom. The van der Waals surface area contributed by atoms with Gasteiger partial charge in [0.05, 0.1) is 13.2 Å². The molecule has 0 aromatic rings. The van der Waals surface area contributed by atoms with Crippen molar-refractivity contribution in [2.24, 2.45) is 16.8 Å². The van der Waals surface area contributed by atoms with Crippen LogP contribution in [-0.4, -0.2) is 31.1 Å². The Bertz CT molecular complexity index is 114. The van der Waals surface area contributed by atoms with Crippen molar-refractivity contribution in [3.05, 3.63) is 0 Å². The van der Waals surface area contributed by atoms with Crippen LogP contribution in [0.25, 0.3) is 0 Å². The van der Waals surface area contributed by atoms with Gasteiger partial charge in [-0.1, -0.05) is 0 Å². The molecule has 60 valence electrons. The second-order valence-corrected chi connectivity index (χ2v) is 1.86. The number of nitrogens with two attached hydrogens (primary N) is 2. The Labute approximate surface area is 60.6 Å². The second-order valence-electron chi connectivity index (χ2n) is 1.86. The Kier molecular flexibility index (Phi) is 4.61. The highest BCUT2D eigenvalue weighted by atomic mass is 16.5. The molecule has 4 N–H and O–H groups in total. The van der Waals surface area contributed by atoms with Crippen molar-refractivity contribution < 1.29 is 4.74 Å². The molecular formula is C5H14N4O. The molecule has 0 saturated carbocycles. The highest BCUT2D eigenvalue weighted by Gasteiger charge is 1.98. The average Bonchev–Trinajstić information content (AvgIpc) is 1.98. The third-order valence-corrected chi connectivity index (χ3v) is 1.14. The molecular weight excluding hydrogens is 132 g/mol. The standard InChI is InChI=1S/C5H14N4O/c1-5(8-6)9(7)3-4-10-2/h3-4,6-7H2,1-2H3/b8-5-. The highest BCUT2D eigenvalue weighted by Crippen LogP contribution is 1.80. The molecule has 0 bridgehead atoms. The van der Waals surface area contributed by atoms with Gasteiger partial charge in [-0.05, 0) is 6.92 Å². The molecule has 0 aliphatic rings. The summed E-state index contributed by atoms with van der Waals surface area (Å²) < 4.78 is 4.79. The van der Waals surface area contributed by atoms with Crippen molar-refractivity contribution in [1.82, 2.24) is 5.01 Å². The molecule has 0 unspecified atom stereocenters.